The lowest BCUT2D eigenvalue weighted by Gasteiger charge is -2.32. The molecule has 3 aliphatic rings. The molecule has 3 saturated heterocycles. The SMILES string of the molecule is COC(=O)[C@H]1[C@H]2CCCCN2O[C@@H]1C1(C)O[C@@H](Cc2ccccc2OC)[C@H](Cc2ccccc2OC)O1. The molecule has 37 heavy (non-hydrogen) atoms. The Balaban J connectivity index is 1.47. The minimum absolute atomic E-state index is 0.0452. The average molecular weight is 512 g/mol. The lowest BCUT2D eigenvalue weighted by molar-refractivity contribution is -0.280. The van der Waals surface area contributed by atoms with E-state index in [2.05, 4.69) is 0 Å². The number of carbonyl (C=O) groups is 1. The molecule has 0 spiro atoms. The van der Waals surface area contributed by atoms with E-state index >= 15 is 0 Å². The van der Waals surface area contributed by atoms with Gasteiger partial charge in [-0.05, 0) is 43.0 Å². The van der Waals surface area contributed by atoms with Gasteiger partial charge in [0.2, 0.25) is 0 Å². The van der Waals surface area contributed by atoms with E-state index in [0.29, 0.717) is 12.8 Å². The fourth-order valence-electron chi connectivity index (χ4n) is 6.11. The van der Waals surface area contributed by atoms with E-state index in [1.165, 1.54) is 7.11 Å². The standard InChI is InChI=1S/C29H37NO7/c1-29(27-26(28(31)34-4)21-13-9-10-16-30(21)37-27)35-24(17-19-11-5-7-14-22(19)32-2)25(36-29)18-20-12-6-8-15-23(20)33-3/h5-8,11-12,14-15,21,24-27H,9-10,13,16-18H2,1-4H3/t21-,24+,25+,26+,27+/m1/s1. The molecule has 3 heterocycles. The molecular weight excluding hydrogens is 474 g/mol. The van der Waals surface area contributed by atoms with Gasteiger partial charge in [0.15, 0.2) is 5.79 Å². The number of rotatable bonds is 8. The third-order valence-corrected chi connectivity index (χ3v) is 7.89. The van der Waals surface area contributed by atoms with Crippen molar-refractivity contribution in [3.63, 3.8) is 0 Å². The zero-order valence-corrected chi connectivity index (χ0v) is 22.1. The number of hydroxylamine groups is 2. The number of hydrogen-bond donors (Lipinski definition) is 0. The Labute approximate surface area is 218 Å². The summed E-state index contributed by atoms with van der Waals surface area (Å²) < 4.78 is 30.0. The number of hydrogen-bond acceptors (Lipinski definition) is 8. The Hall–Kier alpha value is -2.65. The molecule has 0 saturated carbocycles. The molecule has 0 unspecified atom stereocenters. The summed E-state index contributed by atoms with van der Waals surface area (Å²) >= 11 is 0. The van der Waals surface area contributed by atoms with Crippen molar-refractivity contribution in [2.24, 2.45) is 5.92 Å². The van der Waals surface area contributed by atoms with E-state index in [-0.39, 0.29) is 24.2 Å². The van der Waals surface area contributed by atoms with E-state index in [0.717, 1.165) is 48.4 Å². The van der Waals surface area contributed by atoms with E-state index in [1.54, 1.807) is 14.2 Å². The van der Waals surface area contributed by atoms with Crippen molar-refractivity contribution in [2.75, 3.05) is 27.9 Å². The van der Waals surface area contributed by atoms with Crippen molar-refractivity contribution in [1.29, 1.82) is 0 Å². The van der Waals surface area contributed by atoms with Crippen LogP contribution >= 0.6 is 0 Å². The maximum Gasteiger partial charge on any atom is 0.313 e. The number of esters is 1. The first-order chi connectivity index (χ1) is 18.0. The van der Waals surface area contributed by atoms with Crippen LogP contribution in [0.1, 0.15) is 37.3 Å². The Kier molecular flexibility index (Phi) is 7.72. The van der Waals surface area contributed by atoms with Crippen molar-refractivity contribution >= 4 is 5.97 Å². The summed E-state index contributed by atoms with van der Waals surface area (Å²) in [6, 6.07) is 15.8. The quantitative estimate of drug-likeness (QED) is 0.494. The topological polar surface area (TPSA) is 75.7 Å². The van der Waals surface area contributed by atoms with Crippen LogP contribution in [-0.2, 0) is 36.7 Å². The van der Waals surface area contributed by atoms with Gasteiger partial charge in [-0.1, -0.05) is 42.8 Å². The Morgan fingerprint density at radius 3 is 2.03 bits per heavy atom. The fraction of sp³-hybridized carbons (Fsp3) is 0.552. The van der Waals surface area contributed by atoms with Gasteiger partial charge in [-0.3, -0.25) is 9.63 Å². The molecule has 3 fully saturated rings. The van der Waals surface area contributed by atoms with Gasteiger partial charge in [-0.15, -0.1) is 0 Å². The fourth-order valence-corrected chi connectivity index (χ4v) is 6.11. The smallest absolute Gasteiger partial charge is 0.313 e. The summed E-state index contributed by atoms with van der Waals surface area (Å²) in [5, 5.41) is 1.94. The first-order valence-electron chi connectivity index (χ1n) is 13.1. The van der Waals surface area contributed by atoms with Gasteiger partial charge in [0.1, 0.15) is 23.5 Å². The second-order valence-electron chi connectivity index (χ2n) is 10.1. The number of piperidine rings is 1. The molecule has 8 heteroatoms. The summed E-state index contributed by atoms with van der Waals surface area (Å²) in [5.74, 6) is -0.320. The van der Waals surface area contributed by atoms with Crippen molar-refractivity contribution in [3.05, 3.63) is 59.7 Å². The monoisotopic (exact) mass is 511 g/mol. The van der Waals surface area contributed by atoms with Crippen LogP contribution in [0.15, 0.2) is 48.5 Å². The number of ether oxygens (including phenoxy) is 5. The van der Waals surface area contributed by atoms with Crippen LogP contribution < -0.4 is 9.47 Å². The summed E-state index contributed by atoms with van der Waals surface area (Å²) in [5.41, 5.74) is 2.06. The number of nitrogens with zero attached hydrogens (tertiary/aromatic N) is 1. The molecule has 0 N–H and O–H groups in total. The van der Waals surface area contributed by atoms with Gasteiger partial charge in [-0.2, -0.15) is 5.06 Å². The van der Waals surface area contributed by atoms with E-state index in [9.17, 15) is 4.79 Å². The largest absolute Gasteiger partial charge is 0.496 e. The maximum absolute atomic E-state index is 13.0. The van der Waals surface area contributed by atoms with Crippen LogP contribution in [0.25, 0.3) is 0 Å². The zero-order chi connectivity index (χ0) is 26.0. The lowest BCUT2D eigenvalue weighted by Crippen LogP contribution is -2.49. The first kappa shape index (κ1) is 26.0. The van der Waals surface area contributed by atoms with Gasteiger partial charge in [0, 0.05) is 19.4 Å². The minimum Gasteiger partial charge on any atom is -0.496 e. The van der Waals surface area contributed by atoms with Crippen molar-refractivity contribution in [2.45, 2.75) is 69.2 Å². The minimum atomic E-state index is -1.14. The Morgan fingerprint density at radius 1 is 0.919 bits per heavy atom. The summed E-state index contributed by atoms with van der Waals surface area (Å²) in [4.78, 5) is 19.4. The average Bonchev–Trinajstić information content (AvgIpc) is 3.47. The number of benzene rings is 2. The van der Waals surface area contributed by atoms with E-state index in [4.69, 9.17) is 28.5 Å². The first-order valence-corrected chi connectivity index (χ1v) is 13.1. The van der Waals surface area contributed by atoms with Crippen LogP contribution in [0, 0.1) is 5.92 Å². The predicted molar refractivity (Wildman–Crippen MR) is 136 cm³/mol. The summed E-state index contributed by atoms with van der Waals surface area (Å²) in [6.07, 6.45) is 2.91. The predicted octanol–water partition coefficient (Wildman–Crippen LogP) is 3.95. The highest BCUT2D eigenvalue weighted by Gasteiger charge is 2.61. The molecule has 2 aromatic rings. The Bertz CT molecular complexity index is 1030. The second kappa shape index (κ2) is 11.0. The zero-order valence-electron chi connectivity index (χ0n) is 22.1. The normalized spacial score (nSPS) is 29.0. The van der Waals surface area contributed by atoms with Gasteiger partial charge >= 0.3 is 5.97 Å². The van der Waals surface area contributed by atoms with E-state index in [1.807, 2.05) is 60.5 Å². The van der Waals surface area contributed by atoms with Crippen molar-refractivity contribution in [3.8, 4) is 11.5 Å². The number of methoxy groups -OCH3 is 3. The third kappa shape index (κ3) is 5.08. The number of carbonyl (C=O) groups excluding carboxylic acids is 1. The summed E-state index contributed by atoms with van der Waals surface area (Å²) in [7, 11) is 4.77. The van der Waals surface area contributed by atoms with Gasteiger partial charge in [-0.25, -0.2) is 0 Å². The van der Waals surface area contributed by atoms with Crippen molar-refractivity contribution < 1.29 is 33.3 Å². The molecule has 0 radical (unpaired) electrons. The molecule has 3 aliphatic heterocycles. The molecule has 5 rings (SSSR count). The van der Waals surface area contributed by atoms with Gasteiger partial charge in [0.25, 0.3) is 0 Å². The molecule has 200 valence electrons. The molecule has 5 atom stereocenters. The van der Waals surface area contributed by atoms with Crippen molar-refractivity contribution in [1.82, 2.24) is 5.06 Å². The van der Waals surface area contributed by atoms with E-state index < -0.39 is 17.8 Å². The molecule has 0 amide bonds. The van der Waals surface area contributed by atoms with Crippen LogP contribution in [0.4, 0.5) is 0 Å². The molecular formula is C29H37NO7. The maximum atomic E-state index is 13.0. The van der Waals surface area contributed by atoms with Gasteiger partial charge in [0.05, 0.1) is 39.6 Å². The molecule has 2 aromatic carbocycles. The molecule has 0 bridgehead atoms. The molecule has 0 aromatic heterocycles. The Morgan fingerprint density at radius 2 is 1.49 bits per heavy atom. The molecule has 0 aliphatic carbocycles. The highest BCUT2D eigenvalue weighted by atomic mass is 16.8. The molecule has 8 nitrogen and oxygen atoms in total. The highest BCUT2D eigenvalue weighted by Crippen LogP contribution is 2.46. The van der Waals surface area contributed by atoms with Crippen LogP contribution in [-0.4, -0.2) is 69.0 Å². The van der Waals surface area contributed by atoms with Crippen LogP contribution in [0.5, 0.6) is 11.5 Å². The summed E-state index contributed by atoms with van der Waals surface area (Å²) in [6.45, 7) is 2.67. The number of fused-ring (bicyclic) bond motifs is 1. The number of para-hydroxylation sites is 2. The van der Waals surface area contributed by atoms with Gasteiger partial charge < -0.3 is 23.7 Å². The third-order valence-electron chi connectivity index (χ3n) is 7.89. The second-order valence-corrected chi connectivity index (χ2v) is 10.1. The van der Waals surface area contributed by atoms with Crippen LogP contribution in [0.3, 0.4) is 0 Å². The lowest BCUT2D eigenvalue weighted by atomic mass is 9.86. The van der Waals surface area contributed by atoms with Crippen LogP contribution in [0.2, 0.25) is 0 Å². The highest BCUT2D eigenvalue weighted by molar-refractivity contribution is 5.74.